The first kappa shape index (κ1) is 14.1. The Bertz CT molecular complexity index is 886. The lowest BCUT2D eigenvalue weighted by molar-refractivity contribution is -0.137. The van der Waals surface area contributed by atoms with Gasteiger partial charge in [0.15, 0.2) is 0 Å². The summed E-state index contributed by atoms with van der Waals surface area (Å²) in [5.41, 5.74) is 0.774. The number of hydrogen-bond acceptors (Lipinski definition) is 3. The number of benzene rings is 1. The number of rotatable bonds is 1. The normalized spacial score (nSPS) is 11.6. The molecule has 22 heavy (non-hydrogen) atoms. The number of nitriles is 1. The Morgan fingerprint density at radius 1 is 1.09 bits per heavy atom. The lowest BCUT2D eigenvalue weighted by Gasteiger charge is -2.08. The quantitative estimate of drug-likeness (QED) is 0.691. The number of aromatic nitrogens is 3. The van der Waals surface area contributed by atoms with Crippen LogP contribution in [0.5, 0.6) is 0 Å². The molecule has 3 aromatic rings. The van der Waals surface area contributed by atoms with Crippen molar-refractivity contribution in [2.75, 3.05) is 0 Å². The molecule has 0 spiro atoms. The summed E-state index contributed by atoms with van der Waals surface area (Å²) < 4.78 is 39.6. The molecule has 0 saturated carbocycles. The van der Waals surface area contributed by atoms with Crippen LogP contribution >= 0.6 is 0 Å². The molecule has 4 nitrogen and oxygen atoms in total. The lowest BCUT2D eigenvalue weighted by Crippen LogP contribution is -2.04. The summed E-state index contributed by atoms with van der Waals surface area (Å²) in [5.74, 6) is -0.0239. The van der Waals surface area contributed by atoms with Crippen LogP contribution in [0, 0.1) is 11.3 Å². The zero-order valence-corrected chi connectivity index (χ0v) is 11.4. The van der Waals surface area contributed by atoms with Crippen molar-refractivity contribution < 1.29 is 13.2 Å². The highest BCUT2D eigenvalue weighted by Crippen LogP contribution is 2.32. The van der Waals surface area contributed by atoms with Crippen LogP contribution in [0.2, 0.25) is 0 Å². The van der Waals surface area contributed by atoms with Crippen molar-refractivity contribution in [3.8, 4) is 17.3 Å². The number of hydrogen-bond donors (Lipinski definition) is 0. The topological polar surface area (TPSA) is 54.5 Å². The fraction of sp³-hybridized carbons (Fsp3) is 0.133. The summed E-state index contributed by atoms with van der Waals surface area (Å²) in [7, 11) is 1.77. The van der Waals surface area contributed by atoms with Crippen molar-refractivity contribution >= 4 is 11.0 Å². The number of halogens is 3. The standard InChI is InChI=1S/C15H9F3N4/c1-22-7-6-11-13(20-12(8-19)21-14(11)22)9-2-4-10(5-3-9)15(16,17)18/h2-7H,1H3. The van der Waals surface area contributed by atoms with E-state index in [0.717, 1.165) is 12.1 Å². The molecule has 0 saturated heterocycles. The van der Waals surface area contributed by atoms with Gasteiger partial charge in [-0.25, -0.2) is 9.97 Å². The van der Waals surface area contributed by atoms with Crippen molar-refractivity contribution in [3.05, 3.63) is 47.9 Å². The summed E-state index contributed by atoms with van der Waals surface area (Å²) in [4.78, 5) is 8.23. The predicted octanol–water partition coefficient (Wildman–Crippen LogP) is 3.53. The second-order valence-electron chi connectivity index (χ2n) is 4.75. The van der Waals surface area contributed by atoms with E-state index >= 15 is 0 Å². The van der Waals surface area contributed by atoms with Gasteiger partial charge in [-0.2, -0.15) is 18.4 Å². The third-order valence-electron chi connectivity index (χ3n) is 3.31. The maximum absolute atomic E-state index is 12.6. The van der Waals surface area contributed by atoms with Gasteiger partial charge in [0.2, 0.25) is 5.82 Å². The fourth-order valence-electron chi connectivity index (χ4n) is 2.22. The van der Waals surface area contributed by atoms with Crippen LogP contribution in [-0.2, 0) is 13.2 Å². The van der Waals surface area contributed by atoms with E-state index in [1.165, 1.54) is 12.1 Å². The molecule has 0 amide bonds. The van der Waals surface area contributed by atoms with Crippen LogP contribution < -0.4 is 0 Å². The molecule has 0 aliphatic carbocycles. The first-order valence-electron chi connectivity index (χ1n) is 6.31. The second kappa shape index (κ2) is 4.84. The van der Waals surface area contributed by atoms with Crippen molar-refractivity contribution in [1.82, 2.24) is 14.5 Å². The highest BCUT2D eigenvalue weighted by Gasteiger charge is 2.30. The van der Waals surface area contributed by atoms with Crippen molar-refractivity contribution in [2.45, 2.75) is 6.18 Å². The highest BCUT2D eigenvalue weighted by atomic mass is 19.4. The van der Waals surface area contributed by atoms with Crippen LogP contribution in [0.25, 0.3) is 22.3 Å². The summed E-state index contributed by atoms with van der Waals surface area (Å²) in [6.45, 7) is 0. The number of aryl methyl sites for hydroxylation is 1. The SMILES string of the molecule is Cn1ccc2c(-c3ccc(C(F)(F)F)cc3)nc(C#N)nc21. The van der Waals surface area contributed by atoms with Crippen LogP contribution in [0.1, 0.15) is 11.4 Å². The van der Waals surface area contributed by atoms with Gasteiger partial charge in [-0.15, -0.1) is 0 Å². The van der Waals surface area contributed by atoms with Gasteiger partial charge in [0, 0.05) is 24.2 Å². The Balaban J connectivity index is 2.20. The Hall–Kier alpha value is -2.88. The van der Waals surface area contributed by atoms with Gasteiger partial charge in [-0.1, -0.05) is 12.1 Å². The third-order valence-corrected chi connectivity index (χ3v) is 3.31. The van der Waals surface area contributed by atoms with Gasteiger partial charge in [-0.3, -0.25) is 0 Å². The summed E-state index contributed by atoms with van der Waals surface area (Å²) in [5, 5.41) is 9.70. The van der Waals surface area contributed by atoms with Crippen molar-refractivity contribution in [3.63, 3.8) is 0 Å². The molecular weight excluding hydrogens is 293 g/mol. The molecular formula is C15H9F3N4. The van der Waals surface area contributed by atoms with Crippen molar-refractivity contribution in [1.29, 1.82) is 5.26 Å². The van der Waals surface area contributed by atoms with Gasteiger partial charge >= 0.3 is 6.18 Å². The minimum absolute atomic E-state index is 0.0239. The van der Waals surface area contributed by atoms with Gasteiger partial charge in [0.1, 0.15) is 11.7 Å². The van der Waals surface area contributed by atoms with E-state index in [-0.39, 0.29) is 5.82 Å². The lowest BCUT2D eigenvalue weighted by atomic mass is 10.1. The molecule has 0 unspecified atom stereocenters. The summed E-state index contributed by atoms with van der Waals surface area (Å²) >= 11 is 0. The van der Waals surface area contributed by atoms with E-state index in [2.05, 4.69) is 9.97 Å². The van der Waals surface area contributed by atoms with E-state index in [1.54, 1.807) is 23.9 Å². The number of fused-ring (bicyclic) bond motifs is 1. The van der Waals surface area contributed by atoms with E-state index in [1.807, 2.05) is 6.07 Å². The average molecular weight is 302 g/mol. The predicted molar refractivity (Wildman–Crippen MR) is 73.7 cm³/mol. The first-order chi connectivity index (χ1) is 10.4. The fourth-order valence-corrected chi connectivity index (χ4v) is 2.22. The minimum atomic E-state index is -4.38. The Morgan fingerprint density at radius 3 is 2.36 bits per heavy atom. The van der Waals surface area contributed by atoms with E-state index in [4.69, 9.17) is 5.26 Å². The maximum Gasteiger partial charge on any atom is 0.416 e. The second-order valence-corrected chi connectivity index (χ2v) is 4.75. The summed E-state index contributed by atoms with van der Waals surface area (Å²) in [6, 6.07) is 8.32. The van der Waals surface area contributed by atoms with E-state index < -0.39 is 11.7 Å². The third kappa shape index (κ3) is 2.29. The van der Waals surface area contributed by atoms with Gasteiger partial charge < -0.3 is 4.57 Å². The highest BCUT2D eigenvalue weighted by molar-refractivity contribution is 5.91. The molecule has 3 rings (SSSR count). The molecule has 0 radical (unpaired) electrons. The van der Waals surface area contributed by atoms with Gasteiger partial charge in [0.25, 0.3) is 0 Å². The summed E-state index contributed by atoms with van der Waals surface area (Å²) in [6.07, 6.45) is -2.63. The maximum atomic E-state index is 12.6. The Labute approximate surface area is 123 Å². The molecule has 0 atom stereocenters. The zero-order valence-electron chi connectivity index (χ0n) is 11.4. The first-order valence-corrected chi connectivity index (χ1v) is 6.31. The van der Waals surface area contributed by atoms with Crippen LogP contribution in [0.4, 0.5) is 13.2 Å². The average Bonchev–Trinajstić information content (AvgIpc) is 2.87. The van der Waals surface area contributed by atoms with Crippen LogP contribution in [-0.4, -0.2) is 14.5 Å². The Morgan fingerprint density at radius 2 is 1.77 bits per heavy atom. The molecule has 1 aromatic carbocycles. The van der Waals surface area contributed by atoms with E-state index in [9.17, 15) is 13.2 Å². The number of alkyl halides is 3. The largest absolute Gasteiger partial charge is 0.416 e. The van der Waals surface area contributed by atoms with Gasteiger partial charge in [0.05, 0.1) is 11.3 Å². The minimum Gasteiger partial charge on any atom is -0.335 e. The van der Waals surface area contributed by atoms with E-state index in [0.29, 0.717) is 22.3 Å². The molecule has 2 heterocycles. The molecule has 2 aromatic heterocycles. The molecule has 0 fully saturated rings. The molecule has 7 heteroatoms. The smallest absolute Gasteiger partial charge is 0.335 e. The molecule has 0 N–H and O–H groups in total. The van der Waals surface area contributed by atoms with Gasteiger partial charge in [-0.05, 0) is 18.2 Å². The molecule has 0 bridgehead atoms. The monoisotopic (exact) mass is 302 g/mol. The molecule has 110 valence electrons. The Kier molecular flexibility index (Phi) is 3.10. The number of nitrogens with zero attached hydrogens (tertiary/aromatic N) is 4. The van der Waals surface area contributed by atoms with Crippen molar-refractivity contribution in [2.24, 2.45) is 7.05 Å². The zero-order chi connectivity index (χ0) is 15.9. The van der Waals surface area contributed by atoms with Crippen LogP contribution in [0.3, 0.4) is 0 Å². The molecule has 0 aliphatic heterocycles. The molecule has 0 aliphatic rings. The van der Waals surface area contributed by atoms with Crippen LogP contribution in [0.15, 0.2) is 36.5 Å².